The van der Waals surface area contributed by atoms with Crippen molar-refractivity contribution in [2.24, 2.45) is 0 Å². The topological polar surface area (TPSA) is 18.5 Å². The third kappa shape index (κ3) is 3.67. The first-order valence-corrected chi connectivity index (χ1v) is 5.90. The van der Waals surface area contributed by atoms with Crippen LogP contribution in [0.4, 0.5) is 0 Å². The Kier molecular flexibility index (Phi) is 4.44. The number of halogens is 2. The number of benzene rings is 1. The molecule has 2 nitrogen and oxygen atoms in total. The summed E-state index contributed by atoms with van der Waals surface area (Å²) < 4.78 is 10.2. The van der Waals surface area contributed by atoms with Crippen molar-refractivity contribution in [3.8, 4) is 5.75 Å². The second-order valence-electron chi connectivity index (χ2n) is 3.26. The normalized spacial score (nSPS) is 14.7. The third-order valence-corrected chi connectivity index (χ3v) is 2.54. The Bertz CT molecular complexity index is 319. The van der Waals surface area contributed by atoms with Crippen molar-refractivity contribution in [2.75, 3.05) is 6.61 Å². The van der Waals surface area contributed by atoms with Gasteiger partial charge < -0.3 is 9.47 Å². The van der Waals surface area contributed by atoms with E-state index in [9.17, 15) is 0 Å². The highest BCUT2D eigenvalue weighted by molar-refractivity contribution is 9.10. The lowest BCUT2D eigenvalue weighted by atomic mass is 10.2. The molecule has 0 saturated heterocycles. The van der Waals surface area contributed by atoms with Crippen molar-refractivity contribution >= 4 is 27.5 Å². The van der Waals surface area contributed by atoms with Crippen LogP contribution in [0.1, 0.15) is 19.4 Å². The molecule has 4 heteroatoms. The quantitative estimate of drug-likeness (QED) is 0.614. The van der Waals surface area contributed by atoms with Gasteiger partial charge in [-0.15, -0.1) is 0 Å². The molecule has 0 bridgehead atoms. The summed E-state index contributed by atoms with van der Waals surface area (Å²) >= 11 is 9.38. The minimum Gasteiger partial charge on any atom is -0.451 e. The van der Waals surface area contributed by atoms with Crippen LogP contribution in [0.3, 0.4) is 0 Å². The molecule has 0 fully saturated rings. The minimum absolute atomic E-state index is 0.561. The molecule has 1 unspecified atom stereocenters. The van der Waals surface area contributed by atoms with Gasteiger partial charge in [0.25, 0.3) is 4.70 Å². The van der Waals surface area contributed by atoms with Crippen LogP contribution < -0.4 is 4.74 Å². The van der Waals surface area contributed by atoms with Gasteiger partial charge in [-0.05, 0) is 41.4 Å². The Morgan fingerprint density at radius 1 is 1.47 bits per heavy atom. The summed E-state index contributed by atoms with van der Waals surface area (Å²) in [5.41, 5.74) is 0.980. The van der Waals surface area contributed by atoms with Gasteiger partial charge >= 0.3 is 0 Å². The smallest absolute Gasteiger partial charge is 0.265 e. The first-order valence-electron chi connectivity index (χ1n) is 4.73. The maximum Gasteiger partial charge on any atom is 0.265 e. The van der Waals surface area contributed by atoms with Crippen molar-refractivity contribution < 1.29 is 9.47 Å². The Labute approximate surface area is 104 Å². The van der Waals surface area contributed by atoms with E-state index >= 15 is 0 Å². The lowest BCUT2D eigenvalue weighted by molar-refractivity contribution is -0.0865. The van der Waals surface area contributed by atoms with E-state index in [1.807, 2.05) is 26.0 Å². The van der Waals surface area contributed by atoms with Gasteiger partial charge in [-0.2, -0.15) is 0 Å². The highest BCUT2D eigenvalue weighted by atomic mass is 79.9. The number of hydrogen-bond acceptors (Lipinski definition) is 2. The predicted molar refractivity (Wildman–Crippen MR) is 65.8 cm³/mol. The Hall–Kier alpha value is -0.250. The number of rotatable bonds is 4. The molecule has 0 spiro atoms. The number of para-hydroxylation sites is 1. The minimum atomic E-state index is -0.836. The third-order valence-electron chi connectivity index (χ3n) is 1.85. The summed E-state index contributed by atoms with van der Waals surface area (Å²) in [6.45, 7) is 6.20. The van der Waals surface area contributed by atoms with E-state index in [2.05, 4.69) is 15.9 Å². The van der Waals surface area contributed by atoms with Crippen molar-refractivity contribution in [2.45, 2.75) is 25.5 Å². The highest BCUT2D eigenvalue weighted by Crippen LogP contribution is 2.33. The van der Waals surface area contributed by atoms with E-state index in [4.69, 9.17) is 21.1 Å². The van der Waals surface area contributed by atoms with E-state index < -0.39 is 4.70 Å². The van der Waals surface area contributed by atoms with Crippen LogP contribution in [0.2, 0.25) is 5.02 Å². The van der Waals surface area contributed by atoms with Gasteiger partial charge in [0.2, 0.25) is 0 Å². The molecule has 84 valence electrons. The van der Waals surface area contributed by atoms with Crippen molar-refractivity contribution in [3.05, 3.63) is 28.8 Å². The monoisotopic (exact) mass is 292 g/mol. The summed E-state index contributed by atoms with van der Waals surface area (Å²) in [6, 6.07) is 5.62. The lowest BCUT2D eigenvalue weighted by Crippen LogP contribution is -2.28. The molecule has 0 saturated carbocycles. The van der Waals surface area contributed by atoms with Crippen LogP contribution in [-0.2, 0) is 4.74 Å². The van der Waals surface area contributed by atoms with Gasteiger partial charge in [0.1, 0.15) is 5.75 Å². The Morgan fingerprint density at radius 2 is 2.13 bits per heavy atom. The van der Waals surface area contributed by atoms with Crippen LogP contribution >= 0.6 is 27.5 Å². The molecule has 0 amide bonds. The molecule has 0 aliphatic heterocycles. The van der Waals surface area contributed by atoms with E-state index in [1.165, 1.54) is 0 Å². The van der Waals surface area contributed by atoms with Gasteiger partial charge in [-0.1, -0.05) is 23.7 Å². The molecule has 1 aromatic carbocycles. The largest absolute Gasteiger partial charge is 0.451 e. The molecule has 0 radical (unpaired) electrons. The van der Waals surface area contributed by atoms with E-state index in [-0.39, 0.29) is 0 Å². The highest BCUT2D eigenvalue weighted by Gasteiger charge is 2.24. The van der Waals surface area contributed by atoms with Crippen LogP contribution in [0.5, 0.6) is 5.75 Å². The summed E-state index contributed by atoms with van der Waals surface area (Å²) in [4.78, 5) is 0. The fourth-order valence-corrected chi connectivity index (χ4v) is 1.87. The second kappa shape index (κ2) is 5.19. The zero-order valence-corrected chi connectivity index (χ0v) is 11.4. The molecule has 0 aliphatic carbocycles. The average molecular weight is 294 g/mol. The predicted octanol–water partition coefficient (Wildman–Crippen LogP) is 4.13. The molecule has 0 N–H and O–H groups in total. The van der Waals surface area contributed by atoms with Crippen LogP contribution in [0, 0.1) is 6.92 Å². The zero-order valence-electron chi connectivity index (χ0n) is 9.01. The van der Waals surface area contributed by atoms with Crippen molar-refractivity contribution in [1.29, 1.82) is 0 Å². The fraction of sp³-hybridized carbons (Fsp3) is 0.455. The van der Waals surface area contributed by atoms with Crippen molar-refractivity contribution in [1.82, 2.24) is 0 Å². The number of alkyl halides is 1. The van der Waals surface area contributed by atoms with Gasteiger partial charge in [-0.25, -0.2) is 0 Å². The zero-order chi connectivity index (χ0) is 11.5. The molecule has 15 heavy (non-hydrogen) atoms. The summed E-state index contributed by atoms with van der Waals surface area (Å²) in [6.07, 6.45) is 0. The molecule has 1 rings (SSSR count). The molecule has 0 heterocycles. The number of hydrogen-bond donors (Lipinski definition) is 0. The van der Waals surface area contributed by atoms with Crippen molar-refractivity contribution in [3.63, 3.8) is 0 Å². The first kappa shape index (κ1) is 12.8. The van der Waals surface area contributed by atoms with Gasteiger partial charge in [0.05, 0.1) is 5.02 Å². The first-order chi connectivity index (χ1) is 6.96. The van der Waals surface area contributed by atoms with Gasteiger partial charge in [-0.3, -0.25) is 0 Å². The van der Waals surface area contributed by atoms with Gasteiger partial charge in [0, 0.05) is 13.5 Å². The molecular weight excluding hydrogens is 279 g/mol. The average Bonchev–Trinajstić information content (AvgIpc) is 2.11. The number of aryl methyl sites for hydroxylation is 1. The Morgan fingerprint density at radius 3 is 2.67 bits per heavy atom. The Balaban J connectivity index is 2.89. The van der Waals surface area contributed by atoms with Crippen LogP contribution in [0.25, 0.3) is 0 Å². The van der Waals surface area contributed by atoms with Crippen LogP contribution in [-0.4, -0.2) is 11.3 Å². The van der Waals surface area contributed by atoms with E-state index in [0.717, 1.165) is 5.56 Å². The lowest BCUT2D eigenvalue weighted by Gasteiger charge is -2.25. The summed E-state index contributed by atoms with van der Waals surface area (Å²) in [5.74, 6) is 0.645. The molecular formula is C11H14BrClO2. The molecule has 1 atom stereocenters. The van der Waals surface area contributed by atoms with Crippen LogP contribution in [0.15, 0.2) is 18.2 Å². The fourth-order valence-electron chi connectivity index (χ4n) is 1.22. The maximum absolute atomic E-state index is 6.03. The summed E-state index contributed by atoms with van der Waals surface area (Å²) in [7, 11) is 0. The molecule has 0 aliphatic rings. The SMILES string of the molecule is CCOC(C)(Br)Oc1c(C)cccc1Cl. The molecule has 1 aromatic rings. The second-order valence-corrected chi connectivity index (χ2v) is 5.10. The van der Waals surface area contributed by atoms with Gasteiger partial charge in [0.15, 0.2) is 0 Å². The van der Waals surface area contributed by atoms with E-state index in [0.29, 0.717) is 17.4 Å². The maximum atomic E-state index is 6.03. The molecule has 0 aromatic heterocycles. The number of ether oxygens (including phenoxy) is 2. The summed E-state index contributed by atoms with van der Waals surface area (Å²) in [5, 5.41) is 0.584. The standard InChI is InChI=1S/C11H14BrClO2/c1-4-14-11(3,12)15-10-8(2)6-5-7-9(10)13/h5-7H,4H2,1-3H3. The van der Waals surface area contributed by atoms with E-state index in [1.54, 1.807) is 13.0 Å².